The number of hydrogen-bond acceptors (Lipinski definition) is 1. The average molecular weight is 451 g/mol. The Morgan fingerprint density at radius 2 is 1.15 bits per heavy atom. The summed E-state index contributed by atoms with van der Waals surface area (Å²) in [6.45, 7) is 0. The van der Waals surface area contributed by atoms with Crippen molar-refractivity contribution < 1.29 is 0 Å². The number of fused-ring (bicyclic) bond motifs is 13. The molecule has 33 heavy (non-hydrogen) atoms. The first-order valence-corrected chi connectivity index (χ1v) is 13.2. The predicted octanol–water partition coefficient (Wildman–Crippen LogP) is 6.39. The second-order valence-corrected chi connectivity index (χ2v) is 11.3. The Morgan fingerprint density at radius 1 is 0.515 bits per heavy atom. The van der Waals surface area contributed by atoms with Crippen LogP contribution in [0.5, 0.6) is 0 Å². The quantitative estimate of drug-likeness (QED) is 0.235. The van der Waals surface area contributed by atoms with Crippen molar-refractivity contribution in [2.24, 2.45) is 0 Å². The third-order valence-electron chi connectivity index (χ3n) is 7.49. The highest BCUT2D eigenvalue weighted by Crippen LogP contribution is 2.56. The second-order valence-electron chi connectivity index (χ2n) is 8.97. The van der Waals surface area contributed by atoms with Gasteiger partial charge in [-0.15, -0.1) is 11.3 Å². The summed E-state index contributed by atoms with van der Waals surface area (Å²) < 4.78 is 2.78. The van der Waals surface area contributed by atoms with Crippen LogP contribution in [0.2, 0.25) is 0 Å². The van der Waals surface area contributed by atoms with Crippen molar-refractivity contribution in [1.82, 2.24) is 0 Å². The normalized spacial score (nSPS) is 14.8. The number of thiophene rings is 1. The summed E-state index contributed by atoms with van der Waals surface area (Å²) in [7, 11) is 0.660. The van der Waals surface area contributed by atoms with Gasteiger partial charge in [0.25, 0.3) is 0 Å². The van der Waals surface area contributed by atoms with Gasteiger partial charge in [0.2, 0.25) is 0 Å². The number of benzene rings is 5. The molecule has 1 aliphatic carbocycles. The summed E-state index contributed by atoms with van der Waals surface area (Å²) in [6, 6.07) is 41.0. The SMILES string of the molecule is c1ccc2c(c1)[Si]c1c(ccc3sc4ccccc4c13)C21c2ccccc2-c2ccccc21. The molecule has 0 bridgehead atoms. The Labute approximate surface area is 199 Å². The van der Waals surface area contributed by atoms with Crippen LogP contribution in [0.15, 0.2) is 109 Å². The Morgan fingerprint density at radius 3 is 1.94 bits per heavy atom. The molecule has 0 nitrogen and oxygen atoms in total. The van der Waals surface area contributed by atoms with E-state index < -0.39 is 0 Å². The van der Waals surface area contributed by atoms with Gasteiger partial charge < -0.3 is 0 Å². The lowest BCUT2D eigenvalue weighted by molar-refractivity contribution is 0.777. The van der Waals surface area contributed by atoms with Crippen molar-refractivity contribution in [1.29, 1.82) is 0 Å². The molecule has 2 aliphatic rings. The van der Waals surface area contributed by atoms with Crippen LogP contribution in [-0.4, -0.2) is 9.52 Å². The first kappa shape index (κ1) is 18.0. The molecule has 0 saturated carbocycles. The summed E-state index contributed by atoms with van der Waals surface area (Å²) in [6.07, 6.45) is 0. The smallest absolute Gasteiger partial charge is 0.123 e. The van der Waals surface area contributed by atoms with Crippen LogP contribution < -0.4 is 10.4 Å². The van der Waals surface area contributed by atoms with Crippen LogP contribution in [0.3, 0.4) is 0 Å². The molecule has 1 spiro atoms. The molecule has 2 radical (unpaired) electrons. The summed E-state index contributed by atoms with van der Waals surface area (Å²) in [5, 5.41) is 5.85. The number of hydrogen-bond donors (Lipinski definition) is 0. The molecule has 0 atom stereocenters. The van der Waals surface area contributed by atoms with Crippen molar-refractivity contribution in [3.63, 3.8) is 0 Å². The van der Waals surface area contributed by atoms with Crippen LogP contribution in [-0.2, 0) is 5.41 Å². The summed E-state index contributed by atoms with van der Waals surface area (Å²) in [4.78, 5) is 0. The van der Waals surface area contributed by atoms with E-state index in [4.69, 9.17) is 0 Å². The second kappa shape index (κ2) is 6.32. The monoisotopic (exact) mass is 450 g/mol. The van der Waals surface area contributed by atoms with E-state index in [1.54, 1.807) is 0 Å². The third kappa shape index (κ3) is 2.11. The molecule has 2 heteroatoms. The van der Waals surface area contributed by atoms with Gasteiger partial charge in [0.05, 0.1) is 5.41 Å². The van der Waals surface area contributed by atoms with Crippen LogP contribution in [0.1, 0.15) is 22.3 Å². The van der Waals surface area contributed by atoms with E-state index >= 15 is 0 Å². The molecule has 1 aromatic heterocycles. The highest BCUT2D eigenvalue weighted by atomic mass is 32.1. The minimum atomic E-state index is -0.262. The molecule has 5 aromatic carbocycles. The molecule has 2 heterocycles. The highest BCUT2D eigenvalue weighted by Gasteiger charge is 2.49. The fraction of sp³-hybridized carbons (Fsp3) is 0.0323. The van der Waals surface area contributed by atoms with E-state index in [2.05, 4.69) is 109 Å². The van der Waals surface area contributed by atoms with Gasteiger partial charge in [0.1, 0.15) is 9.52 Å². The van der Waals surface area contributed by atoms with Crippen LogP contribution in [0.25, 0.3) is 31.3 Å². The molecule has 0 fully saturated rings. The van der Waals surface area contributed by atoms with Crippen LogP contribution in [0.4, 0.5) is 0 Å². The molecule has 0 unspecified atom stereocenters. The molecular formula is C31H18SSi. The maximum absolute atomic E-state index is 2.44. The molecule has 1 aliphatic heterocycles. The molecule has 0 saturated heterocycles. The van der Waals surface area contributed by atoms with Gasteiger partial charge in [-0.05, 0) is 56.1 Å². The van der Waals surface area contributed by atoms with E-state index in [-0.39, 0.29) is 5.41 Å². The largest absolute Gasteiger partial charge is 0.135 e. The number of rotatable bonds is 0. The van der Waals surface area contributed by atoms with Gasteiger partial charge in [-0.25, -0.2) is 0 Å². The van der Waals surface area contributed by atoms with Gasteiger partial charge in [0.15, 0.2) is 0 Å². The lowest BCUT2D eigenvalue weighted by Gasteiger charge is -2.40. The molecule has 0 N–H and O–H groups in total. The van der Waals surface area contributed by atoms with E-state index in [1.807, 2.05) is 11.3 Å². The van der Waals surface area contributed by atoms with Gasteiger partial charge in [-0.2, -0.15) is 0 Å². The van der Waals surface area contributed by atoms with Crippen LogP contribution >= 0.6 is 11.3 Å². The lowest BCUT2D eigenvalue weighted by Crippen LogP contribution is -2.49. The van der Waals surface area contributed by atoms with E-state index in [1.165, 1.54) is 63.9 Å². The van der Waals surface area contributed by atoms with Gasteiger partial charge in [-0.3, -0.25) is 0 Å². The predicted molar refractivity (Wildman–Crippen MR) is 142 cm³/mol. The van der Waals surface area contributed by atoms with Gasteiger partial charge in [0, 0.05) is 14.8 Å². The van der Waals surface area contributed by atoms with Crippen molar-refractivity contribution in [3.8, 4) is 11.1 Å². The molecular weight excluding hydrogens is 432 g/mol. The van der Waals surface area contributed by atoms with Crippen molar-refractivity contribution in [2.45, 2.75) is 5.41 Å². The Balaban J connectivity index is 1.62. The van der Waals surface area contributed by atoms with Gasteiger partial charge >= 0.3 is 0 Å². The van der Waals surface area contributed by atoms with E-state index in [0.29, 0.717) is 9.52 Å². The fourth-order valence-electron chi connectivity index (χ4n) is 6.27. The molecule has 6 aromatic rings. The lowest BCUT2D eigenvalue weighted by atomic mass is 9.67. The first-order valence-electron chi connectivity index (χ1n) is 11.4. The maximum atomic E-state index is 2.44. The molecule has 152 valence electrons. The van der Waals surface area contributed by atoms with E-state index in [0.717, 1.165) is 0 Å². The third-order valence-corrected chi connectivity index (χ3v) is 10.1. The van der Waals surface area contributed by atoms with Crippen LogP contribution in [0, 0.1) is 0 Å². The first-order chi connectivity index (χ1) is 16.4. The van der Waals surface area contributed by atoms with Gasteiger partial charge in [-0.1, -0.05) is 102 Å². The zero-order chi connectivity index (χ0) is 21.6. The fourth-order valence-corrected chi connectivity index (χ4v) is 9.13. The highest BCUT2D eigenvalue weighted by molar-refractivity contribution is 7.26. The zero-order valence-corrected chi connectivity index (χ0v) is 19.6. The average Bonchev–Trinajstić information content (AvgIpc) is 3.39. The molecule has 8 rings (SSSR count). The van der Waals surface area contributed by atoms with E-state index in [9.17, 15) is 0 Å². The van der Waals surface area contributed by atoms with Crippen molar-refractivity contribution in [3.05, 3.63) is 131 Å². The van der Waals surface area contributed by atoms with Crippen molar-refractivity contribution in [2.75, 3.05) is 0 Å². The minimum Gasteiger partial charge on any atom is -0.135 e. The standard InChI is InChI=1S/C31H18SSi/c1-4-12-22-19(9-1)20-10-2-5-13-23(20)31(22)24-14-6-8-16-28(24)33-30-25(31)17-18-27-29(30)21-11-3-7-15-26(21)32-27/h1-18H. The zero-order valence-electron chi connectivity index (χ0n) is 17.8. The summed E-state index contributed by atoms with van der Waals surface area (Å²) in [5.41, 5.74) is 8.23. The topological polar surface area (TPSA) is 0 Å². The maximum Gasteiger partial charge on any atom is 0.123 e. The summed E-state index contributed by atoms with van der Waals surface area (Å²) >= 11 is 1.92. The Bertz CT molecular complexity index is 1710. The minimum absolute atomic E-state index is 0.262. The molecule has 0 amide bonds. The Kier molecular flexibility index (Phi) is 3.45. The Hall–Kier alpha value is -3.46. The van der Waals surface area contributed by atoms with Crippen molar-refractivity contribution >= 4 is 51.4 Å². The summed E-state index contributed by atoms with van der Waals surface area (Å²) in [5.74, 6) is 0.